The van der Waals surface area contributed by atoms with E-state index in [1.807, 2.05) is 13.8 Å². The fourth-order valence-corrected chi connectivity index (χ4v) is 1.85. The Hall–Kier alpha value is -2.11. The van der Waals surface area contributed by atoms with E-state index in [1.165, 1.54) is 0 Å². The van der Waals surface area contributed by atoms with Crippen LogP contribution in [0.15, 0.2) is 21.5 Å². The van der Waals surface area contributed by atoms with Gasteiger partial charge in [-0.3, -0.25) is 4.79 Å². The van der Waals surface area contributed by atoms with Crippen molar-refractivity contribution in [3.63, 3.8) is 0 Å². The van der Waals surface area contributed by atoms with Gasteiger partial charge in [0.2, 0.25) is 5.91 Å². The van der Waals surface area contributed by atoms with Crippen LogP contribution in [0.5, 0.6) is 0 Å². The van der Waals surface area contributed by atoms with Gasteiger partial charge in [0, 0.05) is 17.7 Å². The number of hydrogen-bond donors (Lipinski definition) is 1. The highest BCUT2D eigenvalue weighted by atomic mass is 16.5. The van der Waals surface area contributed by atoms with Crippen LogP contribution in [0.1, 0.15) is 29.0 Å². The number of hydrogen-bond acceptors (Lipinski definition) is 5. The first-order chi connectivity index (χ1) is 9.16. The normalized spacial score (nSPS) is 10.6. The number of carbonyl (C=O) groups excluding carboxylic acids is 1. The van der Waals surface area contributed by atoms with Crippen molar-refractivity contribution in [3.05, 3.63) is 35.0 Å². The zero-order chi connectivity index (χ0) is 13.7. The van der Waals surface area contributed by atoms with Gasteiger partial charge in [-0.2, -0.15) is 0 Å². The molecule has 1 amide bonds. The van der Waals surface area contributed by atoms with Gasteiger partial charge in [0.05, 0.1) is 18.3 Å². The molecule has 0 fully saturated rings. The summed E-state index contributed by atoms with van der Waals surface area (Å²) in [5.74, 6) is 0.692. The summed E-state index contributed by atoms with van der Waals surface area (Å²) < 4.78 is 9.76. The average Bonchev–Trinajstić information content (AvgIpc) is 3.00. The van der Waals surface area contributed by atoms with Crippen molar-refractivity contribution < 1.29 is 13.8 Å². The first kappa shape index (κ1) is 13.3. The van der Waals surface area contributed by atoms with Crippen molar-refractivity contribution in [2.75, 3.05) is 6.54 Å². The largest absolute Gasteiger partial charge is 0.364 e. The first-order valence-electron chi connectivity index (χ1n) is 6.23. The van der Waals surface area contributed by atoms with Crippen LogP contribution in [-0.2, 0) is 17.6 Å². The van der Waals surface area contributed by atoms with Crippen LogP contribution < -0.4 is 5.32 Å². The van der Waals surface area contributed by atoms with Gasteiger partial charge < -0.3 is 14.4 Å². The van der Waals surface area contributed by atoms with Gasteiger partial charge in [0.15, 0.2) is 0 Å². The molecular weight excluding hydrogens is 246 g/mol. The van der Waals surface area contributed by atoms with E-state index in [2.05, 4.69) is 15.6 Å². The molecule has 0 unspecified atom stereocenters. The van der Waals surface area contributed by atoms with E-state index < -0.39 is 0 Å². The Morgan fingerprint density at radius 3 is 2.89 bits per heavy atom. The summed E-state index contributed by atoms with van der Waals surface area (Å²) in [5.41, 5.74) is 2.69. The van der Waals surface area contributed by atoms with Crippen molar-refractivity contribution >= 4 is 5.91 Å². The minimum atomic E-state index is -0.0141. The fraction of sp³-hybridized carbons (Fsp3) is 0.462. The zero-order valence-corrected chi connectivity index (χ0v) is 11.1. The van der Waals surface area contributed by atoms with Crippen molar-refractivity contribution in [1.29, 1.82) is 0 Å². The first-order valence-corrected chi connectivity index (χ1v) is 6.23. The molecule has 0 aliphatic carbocycles. The molecule has 0 bridgehead atoms. The number of amides is 1. The molecule has 0 aliphatic rings. The van der Waals surface area contributed by atoms with Crippen molar-refractivity contribution in [1.82, 2.24) is 15.6 Å². The summed E-state index contributed by atoms with van der Waals surface area (Å²) in [7, 11) is 0. The topological polar surface area (TPSA) is 81.2 Å². The van der Waals surface area contributed by atoms with Crippen molar-refractivity contribution in [2.24, 2.45) is 0 Å². The van der Waals surface area contributed by atoms with E-state index in [4.69, 9.17) is 9.05 Å². The lowest BCUT2D eigenvalue weighted by Crippen LogP contribution is -2.26. The molecule has 6 heteroatoms. The Morgan fingerprint density at radius 2 is 2.26 bits per heavy atom. The van der Waals surface area contributed by atoms with Gasteiger partial charge in [-0.15, -0.1) is 0 Å². The summed E-state index contributed by atoms with van der Waals surface area (Å²) in [6.07, 6.45) is 5.31. The maximum Gasteiger partial charge on any atom is 0.224 e. The molecule has 2 rings (SSSR count). The summed E-state index contributed by atoms with van der Waals surface area (Å²) in [6.45, 7) is 4.28. The number of nitrogens with one attached hydrogen (secondary N) is 1. The molecule has 1 N–H and O–H groups in total. The zero-order valence-electron chi connectivity index (χ0n) is 11.1. The number of nitrogens with zero attached hydrogens (tertiary/aromatic N) is 2. The molecular formula is C13H17N3O3. The molecule has 0 aromatic carbocycles. The molecule has 2 heterocycles. The second-order valence-electron chi connectivity index (χ2n) is 4.47. The Morgan fingerprint density at radius 1 is 1.42 bits per heavy atom. The number of carbonyl (C=O) groups is 1. The summed E-state index contributed by atoms with van der Waals surface area (Å²) in [6, 6.07) is 0. The van der Waals surface area contributed by atoms with Crippen LogP contribution in [0.3, 0.4) is 0 Å². The molecule has 0 atom stereocenters. The van der Waals surface area contributed by atoms with Crippen molar-refractivity contribution in [2.45, 2.75) is 33.1 Å². The summed E-state index contributed by atoms with van der Waals surface area (Å²) in [5, 5.41) is 10.3. The number of rotatable bonds is 6. The highest BCUT2D eigenvalue weighted by Gasteiger charge is 2.12. The second-order valence-corrected chi connectivity index (χ2v) is 4.47. The van der Waals surface area contributed by atoms with Crippen LogP contribution in [0, 0.1) is 13.8 Å². The van der Waals surface area contributed by atoms with Gasteiger partial charge in [0.1, 0.15) is 12.0 Å². The van der Waals surface area contributed by atoms with E-state index in [-0.39, 0.29) is 5.91 Å². The lowest BCUT2D eigenvalue weighted by Gasteiger charge is -2.04. The SMILES string of the molecule is Cc1noc(C)c1CC(=O)NCCCc1cnoc1. The Kier molecular flexibility index (Phi) is 4.33. The average molecular weight is 263 g/mol. The highest BCUT2D eigenvalue weighted by molar-refractivity contribution is 5.78. The van der Waals surface area contributed by atoms with Gasteiger partial charge in [-0.1, -0.05) is 10.3 Å². The second kappa shape index (κ2) is 6.17. The minimum Gasteiger partial charge on any atom is -0.364 e. The monoisotopic (exact) mass is 263 g/mol. The summed E-state index contributed by atoms with van der Waals surface area (Å²) in [4.78, 5) is 11.8. The lowest BCUT2D eigenvalue weighted by molar-refractivity contribution is -0.120. The number of aryl methyl sites for hydroxylation is 3. The Balaban J connectivity index is 1.70. The minimum absolute atomic E-state index is 0.0141. The van der Waals surface area contributed by atoms with Crippen LogP contribution in [0.25, 0.3) is 0 Å². The predicted octanol–water partition coefficient (Wildman–Crippen LogP) is 1.57. The van der Waals surface area contributed by atoms with Gasteiger partial charge in [0.25, 0.3) is 0 Å². The quantitative estimate of drug-likeness (QED) is 0.800. The smallest absolute Gasteiger partial charge is 0.224 e. The van der Waals surface area contributed by atoms with E-state index in [0.717, 1.165) is 29.7 Å². The van der Waals surface area contributed by atoms with Crippen LogP contribution >= 0.6 is 0 Å². The van der Waals surface area contributed by atoms with Crippen molar-refractivity contribution in [3.8, 4) is 0 Å². The maximum atomic E-state index is 11.8. The molecule has 0 radical (unpaired) electrons. The molecule has 102 valence electrons. The third kappa shape index (κ3) is 3.67. The van der Waals surface area contributed by atoms with E-state index >= 15 is 0 Å². The molecule has 2 aromatic rings. The number of aromatic nitrogens is 2. The molecule has 2 aromatic heterocycles. The van der Waals surface area contributed by atoms with E-state index in [9.17, 15) is 4.79 Å². The molecule has 0 saturated heterocycles. The predicted molar refractivity (Wildman–Crippen MR) is 67.5 cm³/mol. The molecule has 6 nitrogen and oxygen atoms in total. The maximum absolute atomic E-state index is 11.8. The fourth-order valence-electron chi connectivity index (χ4n) is 1.85. The molecule has 0 spiro atoms. The van der Waals surface area contributed by atoms with Crippen LogP contribution in [-0.4, -0.2) is 22.8 Å². The summed E-state index contributed by atoms with van der Waals surface area (Å²) >= 11 is 0. The van der Waals surface area contributed by atoms with Crippen LogP contribution in [0.2, 0.25) is 0 Å². The van der Waals surface area contributed by atoms with Gasteiger partial charge >= 0.3 is 0 Å². The third-order valence-corrected chi connectivity index (χ3v) is 2.97. The highest BCUT2D eigenvalue weighted by Crippen LogP contribution is 2.12. The Bertz CT molecular complexity index is 512. The Labute approximate surface area is 111 Å². The van der Waals surface area contributed by atoms with E-state index in [0.29, 0.717) is 18.7 Å². The third-order valence-electron chi connectivity index (χ3n) is 2.97. The lowest BCUT2D eigenvalue weighted by atomic mass is 10.1. The van der Waals surface area contributed by atoms with Gasteiger partial charge in [-0.25, -0.2) is 0 Å². The molecule has 0 aliphatic heterocycles. The van der Waals surface area contributed by atoms with Gasteiger partial charge in [-0.05, 0) is 26.7 Å². The molecule has 19 heavy (non-hydrogen) atoms. The molecule has 0 saturated carbocycles. The van der Waals surface area contributed by atoms with E-state index in [1.54, 1.807) is 12.5 Å². The van der Waals surface area contributed by atoms with Crippen LogP contribution in [0.4, 0.5) is 0 Å². The standard InChI is InChI=1S/C13H17N3O3/c1-9-12(10(2)19-16-9)6-13(17)14-5-3-4-11-7-15-18-8-11/h7-8H,3-6H2,1-2H3,(H,14,17).